The Balaban J connectivity index is 1.60. The standard InChI is InChI=1S/C19H24N2O3/c1-2-4-16(5-3-1)19-18(10-15-6-7-22-12-15)21(14-20-19)11-17-13-23-8-9-24-17/h1-5,14-15,17H,6-13H2. The summed E-state index contributed by atoms with van der Waals surface area (Å²) in [5.74, 6) is 0.575. The Morgan fingerprint density at radius 3 is 2.67 bits per heavy atom. The number of ether oxygens (including phenoxy) is 3. The second-order valence-corrected chi connectivity index (χ2v) is 6.56. The fraction of sp³-hybridized carbons (Fsp3) is 0.526. The average molecular weight is 328 g/mol. The molecule has 2 unspecified atom stereocenters. The van der Waals surface area contributed by atoms with Crippen molar-refractivity contribution in [2.45, 2.75) is 25.5 Å². The Bertz CT molecular complexity index is 644. The van der Waals surface area contributed by atoms with Crippen molar-refractivity contribution in [3.05, 3.63) is 42.4 Å². The maximum Gasteiger partial charge on any atom is 0.0988 e. The SMILES string of the molecule is c1ccc(-c2ncn(CC3COCCO3)c2CC2CCOC2)cc1. The predicted molar refractivity (Wildman–Crippen MR) is 90.9 cm³/mol. The molecular formula is C19H24N2O3. The Labute approximate surface area is 142 Å². The molecule has 1 aromatic heterocycles. The van der Waals surface area contributed by atoms with Gasteiger partial charge in [-0.1, -0.05) is 30.3 Å². The number of hydrogen-bond acceptors (Lipinski definition) is 4. The first kappa shape index (κ1) is 15.8. The van der Waals surface area contributed by atoms with Crippen LogP contribution >= 0.6 is 0 Å². The molecule has 1 aromatic carbocycles. The van der Waals surface area contributed by atoms with E-state index in [4.69, 9.17) is 19.2 Å². The van der Waals surface area contributed by atoms with Crippen LogP contribution in [0.1, 0.15) is 12.1 Å². The summed E-state index contributed by atoms with van der Waals surface area (Å²) in [5.41, 5.74) is 3.54. The van der Waals surface area contributed by atoms with Crippen LogP contribution in [0.2, 0.25) is 0 Å². The summed E-state index contributed by atoms with van der Waals surface area (Å²) < 4.78 is 19.2. The molecule has 0 N–H and O–H groups in total. The van der Waals surface area contributed by atoms with Gasteiger partial charge in [-0.25, -0.2) is 4.98 Å². The van der Waals surface area contributed by atoms with Gasteiger partial charge in [0.2, 0.25) is 0 Å². The van der Waals surface area contributed by atoms with E-state index < -0.39 is 0 Å². The molecule has 0 spiro atoms. The zero-order chi connectivity index (χ0) is 16.2. The molecule has 2 atom stereocenters. The smallest absolute Gasteiger partial charge is 0.0988 e. The van der Waals surface area contributed by atoms with Crippen LogP contribution < -0.4 is 0 Å². The maximum absolute atomic E-state index is 5.82. The highest BCUT2D eigenvalue weighted by Gasteiger charge is 2.23. The monoisotopic (exact) mass is 328 g/mol. The van der Waals surface area contributed by atoms with Gasteiger partial charge in [0.25, 0.3) is 0 Å². The summed E-state index contributed by atoms with van der Waals surface area (Å²) in [6.45, 7) is 4.55. The molecule has 4 rings (SSSR count). The minimum absolute atomic E-state index is 0.107. The molecule has 2 saturated heterocycles. The first-order chi connectivity index (χ1) is 11.9. The maximum atomic E-state index is 5.82. The second-order valence-electron chi connectivity index (χ2n) is 6.56. The largest absolute Gasteiger partial charge is 0.381 e. The molecule has 0 saturated carbocycles. The normalized spacial score (nSPS) is 24.3. The van der Waals surface area contributed by atoms with Gasteiger partial charge >= 0.3 is 0 Å². The summed E-state index contributed by atoms with van der Waals surface area (Å²) >= 11 is 0. The van der Waals surface area contributed by atoms with Gasteiger partial charge in [-0.3, -0.25) is 0 Å². The van der Waals surface area contributed by atoms with Gasteiger partial charge in [0.15, 0.2) is 0 Å². The van der Waals surface area contributed by atoms with Crippen LogP contribution in [-0.4, -0.2) is 48.7 Å². The first-order valence-electron chi connectivity index (χ1n) is 8.76. The molecule has 5 heteroatoms. The number of aromatic nitrogens is 2. The number of benzene rings is 1. The molecule has 3 heterocycles. The van der Waals surface area contributed by atoms with E-state index in [1.54, 1.807) is 0 Å². The number of imidazole rings is 1. The van der Waals surface area contributed by atoms with Crippen molar-refractivity contribution >= 4 is 0 Å². The molecule has 24 heavy (non-hydrogen) atoms. The van der Waals surface area contributed by atoms with Crippen LogP contribution in [0.4, 0.5) is 0 Å². The van der Waals surface area contributed by atoms with Crippen LogP contribution in [0, 0.1) is 5.92 Å². The summed E-state index contributed by atoms with van der Waals surface area (Å²) in [7, 11) is 0. The van der Waals surface area contributed by atoms with Gasteiger partial charge < -0.3 is 18.8 Å². The molecule has 2 fully saturated rings. The van der Waals surface area contributed by atoms with Crippen LogP contribution in [0.5, 0.6) is 0 Å². The lowest BCUT2D eigenvalue weighted by molar-refractivity contribution is -0.0938. The van der Waals surface area contributed by atoms with Crippen molar-refractivity contribution in [1.29, 1.82) is 0 Å². The lowest BCUT2D eigenvalue weighted by atomic mass is 9.99. The van der Waals surface area contributed by atoms with Crippen molar-refractivity contribution < 1.29 is 14.2 Å². The van der Waals surface area contributed by atoms with Crippen LogP contribution in [-0.2, 0) is 27.2 Å². The Morgan fingerprint density at radius 1 is 1.04 bits per heavy atom. The predicted octanol–water partition coefficient (Wildman–Crippen LogP) is 2.54. The van der Waals surface area contributed by atoms with Gasteiger partial charge in [0, 0.05) is 24.5 Å². The Hall–Kier alpha value is -1.69. The third kappa shape index (κ3) is 3.53. The van der Waals surface area contributed by atoms with E-state index in [1.165, 1.54) is 11.3 Å². The number of rotatable bonds is 5. The van der Waals surface area contributed by atoms with E-state index in [9.17, 15) is 0 Å². The lowest BCUT2D eigenvalue weighted by Gasteiger charge is -2.24. The van der Waals surface area contributed by atoms with Gasteiger partial charge in [0.1, 0.15) is 0 Å². The first-order valence-corrected chi connectivity index (χ1v) is 8.76. The summed E-state index contributed by atoms with van der Waals surface area (Å²) in [6, 6.07) is 10.4. The molecule has 2 aromatic rings. The molecule has 0 bridgehead atoms. The third-order valence-corrected chi connectivity index (χ3v) is 4.78. The van der Waals surface area contributed by atoms with E-state index in [2.05, 4.69) is 28.8 Å². The average Bonchev–Trinajstić information content (AvgIpc) is 3.28. The van der Waals surface area contributed by atoms with Gasteiger partial charge in [0.05, 0.1) is 44.5 Å². The summed E-state index contributed by atoms with van der Waals surface area (Å²) in [5, 5.41) is 0. The fourth-order valence-electron chi connectivity index (χ4n) is 3.50. The highest BCUT2D eigenvalue weighted by molar-refractivity contribution is 5.61. The summed E-state index contributed by atoms with van der Waals surface area (Å²) in [4.78, 5) is 4.72. The van der Waals surface area contributed by atoms with Crippen LogP contribution in [0.3, 0.4) is 0 Å². The van der Waals surface area contributed by atoms with Crippen molar-refractivity contribution in [3.63, 3.8) is 0 Å². The number of hydrogen-bond donors (Lipinski definition) is 0. The van der Waals surface area contributed by atoms with Crippen molar-refractivity contribution in [2.24, 2.45) is 5.92 Å². The lowest BCUT2D eigenvalue weighted by Crippen LogP contribution is -2.32. The zero-order valence-corrected chi connectivity index (χ0v) is 13.9. The molecule has 5 nitrogen and oxygen atoms in total. The Kier molecular flexibility index (Phi) is 4.92. The Morgan fingerprint density at radius 2 is 1.92 bits per heavy atom. The second kappa shape index (κ2) is 7.47. The highest BCUT2D eigenvalue weighted by Crippen LogP contribution is 2.27. The molecular weight excluding hydrogens is 304 g/mol. The van der Waals surface area contributed by atoms with E-state index in [-0.39, 0.29) is 6.10 Å². The number of nitrogens with zero attached hydrogens (tertiary/aromatic N) is 2. The molecule has 128 valence electrons. The molecule has 0 radical (unpaired) electrons. The zero-order valence-electron chi connectivity index (χ0n) is 13.9. The van der Waals surface area contributed by atoms with E-state index in [0.717, 1.165) is 38.3 Å². The van der Waals surface area contributed by atoms with E-state index in [1.807, 2.05) is 12.4 Å². The van der Waals surface area contributed by atoms with Crippen LogP contribution in [0.25, 0.3) is 11.3 Å². The minimum Gasteiger partial charge on any atom is -0.381 e. The van der Waals surface area contributed by atoms with Gasteiger partial charge in [-0.05, 0) is 18.8 Å². The van der Waals surface area contributed by atoms with Crippen molar-refractivity contribution in [1.82, 2.24) is 9.55 Å². The fourth-order valence-corrected chi connectivity index (χ4v) is 3.50. The minimum atomic E-state index is 0.107. The van der Waals surface area contributed by atoms with E-state index in [0.29, 0.717) is 25.7 Å². The van der Waals surface area contributed by atoms with Crippen molar-refractivity contribution in [2.75, 3.05) is 33.0 Å². The van der Waals surface area contributed by atoms with Crippen molar-refractivity contribution in [3.8, 4) is 11.3 Å². The quantitative estimate of drug-likeness (QED) is 0.846. The topological polar surface area (TPSA) is 45.5 Å². The summed E-state index contributed by atoms with van der Waals surface area (Å²) in [6.07, 6.45) is 4.18. The molecule has 2 aliphatic heterocycles. The van der Waals surface area contributed by atoms with E-state index >= 15 is 0 Å². The van der Waals surface area contributed by atoms with Gasteiger partial charge in [-0.2, -0.15) is 0 Å². The third-order valence-electron chi connectivity index (χ3n) is 4.78. The molecule has 0 amide bonds. The molecule has 0 aliphatic carbocycles. The van der Waals surface area contributed by atoms with Gasteiger partial charge in [-0.15, -0.1) is 0 Å². The molecule has 2 aliphatic rings. The van der Waals surface area contributed by atoms with Crippen LogP contribution in [0.15, 0.2) is 36.7 Å². The highest BCUT2D eigenvalue weighted by atomic mass is 16.6.